The standard InChI is InChI=1S/C24H23NO5/c1-15-20(26)18-11-8-12-19(22(18)30-21(15)17-9-4-3-5-10-17)24(28)29-16(2)23(27)25-13-6-7-14-25/h3-5,8-12,16H,6-7,13-14H2,1-2H3/t16-/m1/s1. The Hall–Kier alpha value is -3.41. The maximum Gasteiger partial charge on any atom is 0.342 e. The van der Waals surface area contributed by atoms with Gasteiger partial charge >= 0.3 is 5.97 Å². The third kappa shape index (κ3) is 3.61. The van der Waals surface area contributed by atoms with Crippen LogP contribution in [0.3, 0.4) is 0 Å². The molecule has 1 fully saturated rings. The summed E-state index contributed by atoms with van der Waals surface area (Å²) in [4.78, 5) is 40.0. The van der Waals surface area contributed by atoms with Crippen molar-refractivity contribution in [3.8, 4) is 11.3 Å². The Kier molecular flexibility index (Phi) is 5.40. The number of para-hydroxylation sites is 1. The van der Waals surface area contributed by atoms with E-state index in [0.717, 1.165) is 18.4 Å². The second-order valence-electron chi connectivity index (χ2n) is 7.51. The number of benzene rings is 2. The number of esters is 1. The molecule has 6 heteroatoms. The Morgan fingerprint density at radius 1 is 1.03 bits per heavy atom. The van der Waals surface area contributed by atoms with Crippen molar-refractivity contribution in [3.05, 3.63) is 69.9 Å². The minimum Gasteiger partial charge on any atom is -0.455 e. The Balaban J connectivity index is 1.72. The van der Waals surface area contributed by atoms with Crippen LogP contribution in [0.5, 0.6) is 0 Å². The van der Waals surface area contributed by atoms with Crippen molar-refractivity contribution in [2.45, 2.75) is 32.8 Å². The van der Waals surface area contributed by atoms with Gasteiger partial charge in [0.2, 0.25) is 0 Å². The summed E-state index contributed by atoms with van der Waals surface area (Å²) in [6.45, 7) is 4.64. The zero-order valence-electron chi connectivity index (χ0n) is 17.0. The van der Waals surface area contributed by atoms with E-state index in [-0.39, 0.29) is 22.5 Å². The number of hydrogen-bond donors (Lipinski definition) is 0. The highest BCUT2D eigenvalue weighted by Crippen LogP contribution is 2.27. The molecule has 1 atom stereocenters. The second-order valence-corrected chi connectivity index (χ2v) is 7.51. The van der Waals surface area contributed by atoms with Gasteiger partial charge in [-0.2, -0.15) is 0 Å². The molecule has 154 valence electrons. The molecule has 0 radical (unpaired) electrons. The SMILES string of the molecule is Cc1c(-c2ccccc2)oc2c(C(=O)O[C@H](C)C(=O)N3CCCC3)cccc2c1=O. The molecule has 0 aliphatic carbocycles. The molecule has 1 saturated heterocycles. The van der Waals surface area contributed by atoms with Crippen molar-refractivity contribution in [2.24, 2.45) is 0 Å². The normalized spacial score (nSPS) is 14.7. The zero-order valence-corrected chi connectivity index (χ0v) is 17.0. The van der Waals surface area contributed by atoms with Crippen LogP contribution in [0.1, 0.15) is 35.7 Å². The molecule has 1 amide bonds. The van der Waals surface area contributed by atoms with Gasteiger partial charge in [0.25, 0.3) is 5.91 Å². The lowest BCUT2D eigenvalue weighted by atomic mass is 10.0. The first-order chi connectivity index (χ1) is 14.5. The number of carbonyl (C=O) groups is 2. The first kappa shape index (κ1) is 19.9. The molecule has 0 bridgehead atoms. The molecule has 0 saturated carbocycles. The van der Waals surface area contributed by atoms with E-state index in [4.69, 9.17) is 9.15 Å². The van der Waals surface area contributed by atoms with Gasteiger partial charge in [-0.15, -0.1) is 0 Å². The Labute approximate surface area is 174 Å². The van der Waals surface area contributed by atoms with Crippen LogP contribution in [0.15, 0.2) is 57.7 Å². The Morgan fingerprint density at radius 2 is 1.73 bits per heavy atom. The summed E-state index contributed by atoms with van der Waals surface area (Å²) in [6, 6.07) is 14.0. The van der Waals surface area contributed by atoms with Gasteiger partial charge in [0.1, 0.15) is 11.3 Å². The average molecular weight is 405 g/mol. The highest BCUT2D eigenvalue weighted by molar-refractivity contribution is 6.03. The molecule has 0 spiro atoms. The fourth-order valence-electron chi connectivity index (χ4n) is 3.80. The summed E-state index contributed by atoms with van der Waals surface area (Å²) in [5.74, 6) is -0.482. The fourth-order valence-corrected chi connectivity index (χ4v) is 3.80. The number of hydrogen-bond acceptors (Lipinski definition) is 5. The van der Waals surface area contributed by atoms with Crippen molar-refractivity contribution < 1.29 is 18.7 Å². The van der Waals surface area contributed by atoms with E-state index in [0.29, 0.717) is 29.8 Å². The molecule has 2 heterocycles. The minimum atomic E-state index is -0.906. The molecule has 1 aliphatic rings. The van der Waals surface area contributed by atoms with Crippen molar-refractivity contribution >= 4 is 22.8 Å². The summed E-state index contributed by atoms with van der Waals surface area (Å²) in [5, 5.41) is 0.306. The van der Waals surface area contributed by atoms with Crippen LogP contribution in [0.2, 0.25) is 0 Å². The fraction of sp³-hybridized carbons (Fsp3) is 0.292. The maximum absolute atomic E-state index is 12.9. The average Bonchev–Trinajstić information content (AvgIpc) is 3.30. The van der Waals surface area contributed by atoms with Crippen LogP contribution < -0.4 is 5.43 Å². The van der Waals surface area contributed by atoms with Gasteiger partial charge in [-0.25, -0.2) is 4.79 Å². The zero-order chi connectivity index (χ0) is 21.3. The molecule has 0 unspecified atom stereocenters. The van der Waals surface area contributed by atoms with E-state index < -0.39 is 12.1 Å². The quantitative estimate of drug-likeness (QED) is 0.615. The number of carbonyl (C=O) groups excluding carboxylic acids is 2. The van der Waals surface area contributed by atoms with Crippen LogP contribution in [-0.4, -0.2) is 36.0 Å². The van der Waals surface area contributed by atoms with Crippen LogP contribution in [0, 0.1) is 6.92 Å². The van der Waals surface area contributed by atoms with Gasteiger partial charge in [0.05, 0.1) is 5.39 Å². The van der Waals surface area contributed by atoms with E-state index in [9.17, 15) is 14.4 Å². The summed E-state index contributed by atoms with van der Waals surface area (Å²) in [7, 11) is 0. The van der Waals surface area contributed by atoms with E-state index in [1.165, 1.54) is 0 Å². The highest BCUT2D eigenvalue weighted by Gasteiger charge is 2.27. The number of ether oxygens (including phenoxy) is 1. The minimum absolute atomic E-state index is 0.128. The molecule has 30 heavy (non-hydrogen) atoms. The Morgan fingerprint density at radius 3 is 2.43 bits per heavy atom. The molecular formula is C24H23NO5. The molecule has 2 aromatic carbocycles. The van der Waals surface area contributed by atoms with E-state index in [1.807, 2.05) is 30.3 Å². The first-order valence-electron chi connectivity index (χ1n) is 10.1. The molecule has 6 nitrogen and oxygen atoms in total. The number of amides is 1. The van der Waals surface area contributed by atoms with Gasteiger partial charge in [-0.3, -0.25) is 9.59 Å². The molecule has 1 aromatic heterocycles. The lowest BCUT2D eigenvalue weighted by Gasteiger charge is -2.20. The molecule has 0 N–H and O–H groups in total. The first-order valence-corrected chi connectivity index (χ1v) is 10.1. The monoisotopic (exact) mass is 405 g/mol. The van der Waals surface area contributed by atoms with Crippen LogP contribution in [0.4, 0.5) is 0 Å². The van der Waals surface area contributed by atoms with Gasteiger partial charge in [0, 0.05) is 24.2 Å². The van der Waals surface area contributed by atoms with E-state index in [2.05, 4.69) is 0 Å². The van der Waals surface area contributed by atoms with Crippen molar-refractivity contribution in [3.63, 3.8) is 0 Å². The highest BCUT2D eigenvalue weighted by atomic mass is 16.5. The third-order valence-corrected chi connectivity index (χ3v) is 5.45. The number of likely N-dealkylation sites (tertiary alicyclic amines) is 1. The van der Waals surface area contributed by atoms with Crippen LogP contribution >= 0.6 is 0 Å². The van der Waals surface area contributed by atoms with Crippen LogP contribution in [-0.2, 0) is 9.53 Å². The molecule has 3 aromatic rings. The predicted molar refractivity (Wildman–Crippen MR) is 113 cm³/mol. The van der Waals surface area contributed by atoms with Gasteiger partial charge in [-0.1, -0.05) is 36.4 Å². The largest absolute Gasteiger partial charge is 0.455 e. The summed E-state index contributed by atoms with van der Waals surface area (Å²) < 4.78 is 11.5. The maximum atomic E-state index is 12.9. The van der Waals surface area contributed by atoms with Gasteiger partial charge in [0.15, 0.2) is 17.1 Å². The lowest BCUT2D eigenvalue weighted by molar-refractivity contribution is -0.138. The summed E-state index contributed by atoms with van der Waals surface area (Å²) >= 11 is 0. The predicted octanol–water partition coefficient (Wildman–Crippen LogP) is 3.94. The van der Waals surface area contributed by atoms with Crippen molar-refractivity contribution in [2.75, 3.05) is 13.1 Å². The molecule has 4 rings (SSSR count). The number of nitrogens with zero attached hydrogens (tertiary/aromatic N) is 1. The Bertz CT molecular complexity index is 1160. The van der Waals surface area contributed by atoms with E-state index >= 15 is 0 Å². The van der Waals surface area contributed by atoms with Crippen LogP contribution in [0.25, 0.3) is 22.3 Å². The van der Waals surface area contributed by atoms with Crippen molar-refractivity contribution in [1.82, 2.24) is 4.90 Å². The smallest absolute Gasteiger partial charge is 0.342 e. The topological polar surface area (TPSA) is 76.8 Å². The van der Waals surface area contributed by atoms with E-state index in [1.54, 1.807) is 36.9 Å². The third-order valence-electron chi connectivity index (χ3n) is 5.45. The summed E-state index contributed by atoms with van der Waals surface area (Å²) in [5.41, 5.74) is 1.30. The number of fused-ring (bicyclic) bond motifs is 1. The van der Waals surface area contributed by atoms with Gasteiger partial charge in [-0.05, 0) is 38.8 Å². The summed E-state index contributed by atoms with van der Waals surface area (Å²) in [6.07, 6.45) is 1.02. The lowest BCUT2D eigenvalue weighted by Crippen LogP contribution is -2.38. The molecular weight excluding hydrogens is 382 g/mol. The van der Waals surface area contributed by atoms with Crippen molar-refractivity contribution in [1.29, 1.82) is 0 Å². The molecule has 1 aliphatic heterocycles. The second kappa shape index (κ2) is 8.14. The van der Waals surface area contributed by atoms with Gasteiger partial charge < -0.3 is 14.1 Å². The number of rotatable bonds is 4.